The lowest BCUT2D eigenvalue weighted by Gasteiger charge is -2.19. The third kappa shape index (κ3) is 1.88. The molecule has 2 heteroatoms. The van der Waals surface area contributed by atoms with Gasteiger partial charge in [0, 0.05) is 31.4 Å². The number of fused-ring (bicyclic) bond motifs is 1. The monoisotopic (exact) mass is 180 g/mol. The molecular formula is C11H20N2. The van der Waals surface area contributed by atoms with Gasteiger partial charge in [0.1, 0.15) is 0 Å². The lowest BCUT2D eigenvalue weighted by molar-refractivity contribution is 0.379. The van der Waals surface area contributed by atoms with E-state index in [-0.39, 0.29) is 0 Å². The Morgan fingerprint density at radius 2 is 2.46 bits per heavy atom. The van der Waals surface area contributed by atoms with Crippen molar-refractivity contribution < 1.29 is 0 Å². The molecule has 0 spiro atoms. The van der Waals surface area contributed by atoms with Crippen LogP contribution in [0.2, 0.25) is 0 Å². The highest BCUT2D eigenvalue weighted by atomic mass is 15.2. The van der Waals surface area contributed by atoms with E-state index in [1.54, 1.807) is 5.70 Å². The highest BCUT2D eigenvalue weighted by Gasteiger charge is 2.29. The van der Waals surface area contributed by atoms with Crippen molar-refractivity contribution in [3.63, 3.8) is 0 Å². The maximum atomic E-state index is 3.50. The number of unbranched alkanes of at least 4 members (excludes halogenated alkanes) is 2. The number of hydrogen-bond acceptors (Lipinski definition) is 2. The molecule has 1 atom stereocenters. The Morgan fingerprint density at radius 1 is 1.54 bits per heavy atom. The second kappa shape index (κ2) is 4.14. The Morgan fingerprint density at radius 3 is 3.31 bits per heavy atom. The van der Waals surface area contributed by atoms with Crippen LogP contribution in [0, 0.1) is 0 Å². The van der Waals surface area contributed by atoms with Crippen LogP contribution in [0.5, 0.6) is 0 Å². The summed E-state index contributed by atoms with van der Waals surface area (Å²) in [5.74, 6) is 0. The first-order valence-electron chi connectivity index (χ1n) is 5.60. The lowest BCUT2D eigenvalue weighted by Crippen LogP contribution is -2.24. The average molecular weight is 180 g/mol. The zero-order valence-corrected chi connectivity index (χ0v) is 8.55. The van der Waals surface area contributed by atoms with Crippen molar-refractivity contribution in [2.24, 2.45) is 0 Å². The van der Waals surface area contributed by atoms with E-state index in [1.807, 2.05) is 0 Å². The summed E-state index contributed by atoms with van der Waals surface area (Å²) in [6, 6.07) is 0.696. The first kappa shape index (κ1) is 9.07. The van der Waals surface area contributed by atoms with Gasteiger partial charge < -0.3 is 10.2 Å². The van der Waals surface area contributed by atoms with E-state index in [0.29, 0.717) is 6.04 Å². The van der Waals surface area contributed by atoms with Gasteiger partial charge in [0.25, 0.3) is 0 Å². The predicted octanol–water partition coefficient (Wildman–Crippen LogP) is 1.74. The second-order valence-electron chi connectivity index (χ2n) is 4.07. The summed E-state index contributed by atoms with van der Waals surface area (Å²) in [6.07, 6.45) is 7.75. The van der Waals surface area contributed by atoms with Crippen LogP contribution in [0.25, 0.3) is 0 Å². The van der Waals surface area contributed by atoms with Crippen LogP contribution in [0.1, 0.15) is 32.6 Å². The molecule has 0 radical (unpaired) electrons. The zero-order chi connectivity index (χ0) is 9.10. The van der Waals surface area contributed by atoms with Gasteiger partial charge in [0.15, 0.2) is 0 Å². The van der Waals surface area contributed by atoms with Gasteiger partial charge >= 0.3 is 0 Å². The summed E-state index contributed by atoms with van der Waals surface area (Å²) < 4.78 is 0. The molecule has 2 nitrogen and oxygen atoms in total. The molecule has 2 aliphatic rings. The van der Waals surface area contributed by atoms with Gasteiger partial charge in [-0.1, -0.05) is 19.8 Å². The SMILES string of the molecule is CCCCCN1CCC2NCC=C21. The molecule has 0 aromatic carbocycles. The highest BCUT2D eigenvalue weighted by molar-refractivity contribution is 5.20. The van der Waals surface area contributed by atoms with E-state index in [2.05, 4.69) is 23.2 Å². The summed E-state index contributed by atoms with van der Waals surface area (Å²) in [7, 11) is 0. The van der Waals surface area contributed by atoms with Crippen LogP contribution in [-0.2, 0) is 0 Å². The number of nitrogens with zero attached hydrogens (tertiary/aromatic N) is 1. The average Bonchev–Trinajstić information content (AvgIpc) is 2.68. The molecule has 1 fully saturated rings. The van der Waals surface area contributed by atoms with E-state index < -0.39 is 0 Å². The molecule has 0 bridgehead atoms. The first-order valence-corrected chi connectivity index (χ1v) is 5.60. The van der Waals surface area contributed by atoms with Crippen molar-refractivity contribution in [1.82, 2.24) is 10.2 Å². The molecule has 13 heavy (non-hydrogen) atoms. The summed E-state index contributed by atoms with van der Waals surface area (Å²) >= 11 is 0. The summed E-state index contributed by atoms with van der Waals surface area (Å²) in [5, 5.41) is 3.50. The maximum Gasteiger partial charge on any atom is 0.0488 e. The molecule has 2 rings (SSSR count). The van der Waals surface area contributed by atoms with Crippen molar-refractivity contribution in [1.29, 1.82) is 0 Å². The van der Waals surface area contributed by atoms with Crippen molar-refractivity contribution >= 4 is 0 Å². The van der Waals surface area contributed by atoms with Crippen LogP contribution < -0.4 is 5.32 Å². The molecule has 2 aliphatic heterocycles. The van der Waals surface area contributed by atoms with E-state index >= 15 is 0 Å². The van der Waals surface area contributed by atoms with E-state index in [1.165, 1.54) is 38.8 Å². The van der Waals surface area contributed by atoms with Crippen LogP contribution in [-0.4, -0.2) is 30.6 Å². The highest BCUT2D eigenvalue weighted by Crippen LogP contribution is 2.24. The second-order valence-corrected chi connectivity index (χ2v) is 4.07. The normalized spacial score (nSPS) is 26.4. The molecule has 1 saturated heterocycles. The Hall–Kier alpha value is -0.500. The van der Waals surface area contributed by atoms with Crippen LogP contribution in [0.15, 0.2) is 11.8 Å². The molecule has 2 heterocycles. The van der Waals surface area contributed by atoms with E-state index in [4.69, 9.17) is 0 Å². The fourth-order valence-electron chi connectivity index (χ4n) is 2.36. The topological polar surface area (TPSA) is 15.3 Å². The Bertz CT molecular complexity index is 198. The van der Waals surface area contributed by atoms with Crippen LogP contribution >= 0.6 is 0 Å². The Balaban J connectivity index is 1.80. The minimum absolute atomic E-state index is 0.696. The Kier molecular flexibility index (Phi) is 2.89. The van der Waals surface area contributed by atoms with Gasteiger partial charge in [-0.15, -0.1) is 0 Å². The standard InChI is InChI=1S/C11H20N2/c1-2-3-4-8-13-9-6-10-11(13)5-7-12-10/h5,10,12H,2-4,6-9H2,1H3. The van der Waals surface area contributed by atoms with Gasteiger partial charge in [-0.3, -0.25) is 0 Å². The summed E-state index contributed by atoms with van der Waals surface area (Å²) in [6.45, 7) is 5.90. The van der Waals surface area contributed by atoms with Crippen LogP contribution in [0.3, 0.4) is 0 Å². The fraction of sp³-hybridized carbons (Fsp3) is 0.818. The van der Waals surface area contributed by atoms with Gasteiger partial charge in [0.05, 0.1) is 0 Å². The maximum absolute atomic E-state index is 3.50. The number of rotatable bonds is 4. The van der Waals surface area contributed by atoms with E-state index in [0.717, 1.165) is 6.54 Å². The molecule has 0 amide bonds. The fourth-order valence-corrected chi connectivity index (χ4v) is 2.36. The van der Waals surface area contributed by atoms with E-state index in [9.17, 15) is 0 Å². The zero-order valence-electron chi connectivity index (χ0n) is 8.55. The summed E-state index contributed by atoms with van der Waals surface area (Å²) in [5.41, 5.74) is 1.58. The molecular weight excluding hydrogens is 160 g/mol. The molecule has 0 saturated carbocycles. The Labute approximate surface area is 81.0 Å². The smallest absolute Gasteiger partial charge is 0.0488 e. The third-order valence-electron chi connectivity index (χ3n) is 3.12. The van der Waals surface area contributed by atoms with Crippen molar-refractivity contribution in [3.05, 3.63) is 11.8 Å². The molecule has 0 aliphatic carbocycles. The molecule has 0 aromatic rings. The minimum Gasteiger partial charge on any atom is -0.374 e. The van der Waals surface area contributed by atoms with Crippen LogP contribution in [0.4, 0.5) is 0 Å². The lowest BCUT2D eigenvalue weighted by atomic mass is 10.2. The third-order valence-corrected chi connectivity index (χ3v) is 3.12. The minimum atomic E-state index is 0.696. The van der Waals surface area contributed by atoms with Gasteiger partial charge in [-0.25, -0.2) is 0 Å². The molecule has 1 unspecified atom stereocenters. The summed E-state index contributed by atoms with van der Waals surface area (Å²) in [4.78, 5) is 2.57. The quantitative estimate of drug-likeness (QED) is 0.663. The largest absolute Gasteiger partial charge is 0.374 e. The van der Waals surface area contributed by atoms with Crippen molar-refractivity contribution in [2.45, 2.75) is 38.6 Å². The first-order chi connectivity index (χ1) is 6.42. The number of likely N-dealkylation sites (tertiary alicyclic amines) is 1. The van der Waals surface area contributed by atoms with Gasteiger partial charge in [0.2, 0.25) is 0 Å². The number of nitrogens with one attached hydrogen (secondary N) is 1. The van der Waals surface area contributed by atoms with Gasteiger partial charge in [-0.05, 0) is 18.9 Å². The molecule has 0 aromatic heterocycles. The molecule has 74 valence electrons. The molecule has 1 N–H and O–H groups in total. The van der Waals surface area contributed by atoms with Gasteiger partial charge in [-0.2, -0.15) is 0 Å². The predicted molar refractivity (Wildman–Crippen MR) is 55.6 cm³/mol. The number of hydrogen-bond donors (Lipinski definition) is 1. The van der Waals surface area contributed by atoms with Crippen molar-refractivity contribution in [3.8, 4) is 0 Å². The van der Waals surface area contributed by atoms with Crippen molar-refractivity contribution in [2.75, 3.05) is 19.6 Å².